The zero-order valence-electron chi connectivity index (χ0n) is 11.4. The Hall–Kier alpha value is -2.24. The van der Waals surface area contributed by atoms with Gasteiger partial charge in [0.1, 0.15) is 0 Å². The van der Waals surface area contributed by atoms with E-state index in [9.17, 15) is 9.59 Å². The van der Waals surface area contributed by atoms with Crippen LogP contribution >= 0.6 is 23.2 Å². The molecular formula is C15H13Cl2N3O2. The molecule has 0 aliphatic carbocycles. The Morgan fingerprint density at radius 3 is 2.59 bits per heavy atom. The summed E-state index contributed by atoms with van der Waals surface area (Å²) in [7, 11) is 0. The summed E-state index contributed by atoms with van der Waals surface area (Å²) in [5.74, 6) is -0.849. The lowest BCUT2D eigenvalue weighted by Gasteiger charge is -2.10. The summed E-state index contributed by atoms with van der Waals surface area (Å²) in [5.41, 5.74) is 6.56. The highest BCUT2D eigenvalue weighted by Gasteiger charge is 2.07. The van der Waals surface area contributed by atoms with E-state index >= 15 is 0 Å². The highest BCUT2D eigenvalue weighted by molar-refractivity contribution is 6.35. The molecule has 0 fully saturated rings. The Balaban J connectivity index is 1.97. The summed E-state index contributed by atoms with van der Waals surface area (Å²) >= 11 is 11.9. The summed E-state index contributed by atoms with van der Waals surface area (Å²) in [6, 6.07) is 11.3. The third kappa shape index (κ3) is 4.38. The van der Waals surface area contributed by atoms with Crippen molar-refractivity contribution in [1.29, 1.82) is 0 Å². The number of halogens is 2. The van der Waals surface area contributed by atoms with E-state index in [4.69, 9.17) is 28.9 Å². The molecule has 0 saturated carbocycles. The van der Waals surface area contributed by atoms with Crippen molar-refractivity contribution in [2.24, 2.45) is 5.73 Å². The average Bonchev–Trinajstić information content (AvgIpc) is 2.48. The van der Waals surface area contributed by atoms with E-state index in [0.29, 0.717) is 27.0 Å². The maximum Gasteiger partial charge on any atom is 0.248 e. The fourth-order valence-electron chi connectivity index (χ4n) is 1.76. The third-order valence-electron chi connectivity index (χ3n) is 2.80. The SMILES string of the molecule is NC(=O)c1cccc(NC(=O)CNc2cc(Cl)ccc2Cl)c1. The normalized spacial score (nSPS) is 10.1. The number of anilines is 2. The summed E-state index contributed by atoms with van der Waals surface area (Å²) in [6.07, 6.45) is 0. The maximum atomic E-state index is 11.9. The number of hydrogen-bond donors (Lipinski definition) is 3. The quantitative estimate of drug-likeness (QED) is 0.783. The molecule has 0 bridgehead atoms. The fourth-order valence-corrected chi connectivity index (χ4v) is 2.12. The molecule has 0 heterocycles. The van der Waals surface area contributed by atoms with Gasteiger partial charge < -0.3 is 16.4 Å². The fraction of sp³-hybridized carbons (Fsp3) is 0.0667. The van der Waals surface area contributed by atoms with Crippen LogP contribution in [0.5, 0.6) is 0 Å². The van der Waals surface area contributed by atoms with Gasteiger partial charge >= 0.3 is 0 Å². The van der Waals surface area contributed by atoms with Crippen molar-refractivity contribution in [2.75, 3.05) is 17.2 Å². The third-order valence-corrected chi connectivity index (χ3v) is 3.36. The number of benzene rings is 2. The van der Waals surface area contributed by atoms with E-state index in [1.165, 1.54) is 6.07 Å². The Kier molecular flexibility index (Phi) is 5.25. The molecule has 0 atom stereocenters. The van der Waals surface area contributed by atoms with Crippen molar-refractivity contribution in [2.45, 2.75) is 0 Å². The van der Waals surface area contributed by atoms with Crippen molar-refractivity contribution in [3.8, 4) is 0 Å². The first-order valence-electron chi connectivity index (χ1n) is 6.34. The first kappa shape index (κ1) is 16.1. The smallest absolute Gasteiger partial charge is 0.248 e. The molecule has 0 spiro atoms. The Morgan fingerprint density at radius 2 is 1.86 bits per heavy atom. The zero-order valence-corrected chi connectivity index (χ0v) is 12.9. The number of nitrogens with one attached hydrogen (secondary N) is 2. The predicted octanol–water partition coefficient (Wildman–Crippen LogP) is 3.14. The molecule has 7 heteroatoms. The molecule has 2 aromatic carbocycles. The van der Waals surface area contributed by atoms with Gasteiger partial charge in [0.15, 0.2) is 0 Å². The second-order valence-corrected chi connectivity index (χ2v) is 5.31. The van der Waals surface area contributed by atoms with Gasteiger partial charge in [0.25, 0.3) is 0 Å². The molecule has 4 N–H and O–H groups in total. The molecule has 2 amide bonds. The van der Waals surface area contributed by atoms with Crippen LogP contribution in [0.25, 0.3) is 0 Å². The van der Waals surface area contributed by atoms with Gasteiger partial charge in [-0.1, -0.05) is 29.3 Å². The summed E-state index contributed by atoms with van der Waals surface area (Å²) in [5, 5.41) is 6.53. The second-order valence-electron chi connectivity index (χ2n) is 4.47. The molecular weight excluding hydrogens is 325 g/mol. The van der Waals surface area contributed by atoms with Crippen LogP contribution in [0, 0.1) is 0 Å². The van der Waals surface area contributed by atoms with Crippen molar-refractivity contribution in [3.63, 3.8) is 0 Å². The molecule has 0 aliphatic heterocycles. The first-order chi connectivity index (χ1) is 10.5. The number of hydrogen-bond acceptors (Lipinski definition) is 3. The predicted molar refractivity (Wildman–Crippen MR) is 88.5 cm³/mol. The molecule has 0 aromatic heterocycles. The zero-order chi connectivity index (χ0) is 16.1. The van der Waals surface area contributed by atoms with Gasteiger partial charge in [-0.05, 0) is 36.4 Å². The molecule has 5 nitrogen and oxygen atoms in total. The highest BCUT2D eigenvalue weighted by Crippen LogP contribution is 2.25. The molecule has 2 aromatic rings. The Labute approximate surface area is 137 Å². The lowest BCUT2D eigenvalue weighted by Crippen LogP contribution is -2.22. The number of carbonyl (C=O) groups excluding carboxylic acids is 2. The minimum absolute atomic E-state index is 0.000854. The van der Waals surface area contributed by atoms with Crippen molar-refractivity contribution >= 4 is 46.4 Å². The molecule has 0 unspecified atom stereocenters. The maximum absolute atomic E-state index is 11.9. The van der Waals surface area contributed by atoms with Crippen LogP contribution in [0.4, 0.5) is 11.4 Å². The van der Waals surface area contributed by atoms with Crippen LogP contribution in [0.1, 0.15) is 10.4 Å². The lowest BCUT2D eigenvalue weighted by molar-refractivity contribution is -0.114. The molecule has 0 saturated heterocycles. The summed E-state index contributed by atoms with van der Waals surface area (Å²) in [4.78, 5) is 23.0. The van der Waals surface area contributed by atoms with E-state index in [-0.39, 0.29) is 12.5 Å². The van der Waals surface area contributed by atoms with Crippen LogP contribution in [0.3, 0.4) is 0 Å². The van der Waals surface area contributed by atoms with Crippen LogP contribution in [-0.2, 0) is 4.79 Å². The van der Waals surface area contributed by atoms with Gasteiger partial charge in [0.2, 0.25) is 11.8 Å². The molecule has 22 heavy (non-hydrogen) atoms. The second kappa shape index (κ2) is 7.15. The van der Waals surface area contributed by atoms with Crippen molar-refractivity contribution in [3.05, 3.63) is 58.1 Å². The van der Waals surface area contributed by atoms with Crippen LogP contribution in [0.15, 0.2) is 42.5 Å². The minimum Gasteiger partial charge on any atom is -0.375 e. The van der Waals surface area contributed by atoms with Gasteiger partial charge in [-0.15, -0.1) is 0 Å². The van der Waals surface area contributed by atoms with Gasteiger partial charge in [0.05, 0.1) is 17.3 Å². The van der Waals surface area contributed by atoms with Crippen molar-refractivity contribution in [1.82, 2.24) is 0 Å². The standard InChI is InChI=1S/C15H13Cl2N3O2/c16-10-4-5-12(17)13(7-10)19-8-14(21)20-11-3-1-2-9(6-11)15(18)22/h1-7,19H,8H2,(H2,18,22)(H,20,21). The summed E-state index contributed by atoms with van der Waals surface area (Å²) < 4.78 is 0. The van der Waals surface area contributed by atoms with E-state index in [1.54, 1.807) is 36.4 Å². The number of rotatable bonds is 5. The van der Waals surface area contributed by atoms with Crippen LogP contribution in [0.2, 0.25) is 10.0 Å². The Morgan fingerprint density at radius 1 is 1.09 bits per heavy atom. The van der Waals surface area contributed by atoms with Crippen molar-refractivity contribution < 1.29 is 9.59 Å². The topological polar surface area (TPSA) is 84.2 Å². The summed E-state index contributed by atoms with van der Waals surface area (Å²) in [6.45, 7) is 0.000854. The molecule has 114 valence electrons. The number of nitrogens with two attached hydrogens (primary N) is 1. The van der Waals surface area contributed by atoms with Gasteiger partial charge in [-0.3, -0.25) is 9.59 Å². The number of carbonyl (C=O) groups is 2. The molecule has 0 aliphatic rings. The van der Waals surface area contributed by atoms with E-state index in [0.717, 1.165) is 0 Å². The van der Waals surface area contributed by atoms with Gasteiger partial charge in [0, 0.05) is 16.3 Å². The van der Waals surface area contributed by atoms with Crippen LogP contribution < -0.4 is 16.4 Å². The van der Waals surface area contributed by atoms with Gasteiger partial charge in [-0.2, -0.15) is 0 Å². The lowest BCUT2D eigenvalue weighted by atomic mass is 10.2. The molecule has 2 rings (SSSR count). The number of amides is 2. The molecule has 0 radical (unpaired) electrons. The average molecular weight is 338 g/mol. The monoisotopic (exact) mass is 337 g/mol. The number of primary amides is 1. The largest absolute Gasteiger partial charge is 0.375 e. The van der Waals surface area contributed by atoms with E-state index in [2.05, 4.69) is 10.6 Å². The van der Waals surface area contributed by atoms with E-state index < -0.39 is 5.91 Å². The highest BCUT2D eigenvalue weighted by atomic mass is 35.5. The Bertz CT molecular complexity index is 720. The van der Waals surface area contributed by atoms with Crippen LogP contribution in [-0.4, -0.2) is 18.4 Å². The minimum atomic E-state index is -0.556. The van der Waals surface area contributed by atoms with Gasteiger partial charge in [-0.25, -0.2) is 0 Å². The first-order valence-corrected chi connectivity index (χ1v) is 7.10. The van der Waals surface area contributed by atoms with E-state index in [1.807, 2.05) is 0 Å².